The van der Waals surface area contributed by atoms with Gasteiger partial charge in [-0.1, -0.05) is 30.3 Å². The molecular weight excluding hydrogens is 387 g/mol. The molecule has 0 unspecified atom stereocenters. The summed E-state index contributed by atoms with van der Waals surface area (Å²) < 4.78 is 21.7. The number of anilines is 2. The second kappa shape index (κ2) is 8.39. The van der Waals surface area contributed by atoms with Crippen LogP contribution < -0.4 is 15.8 Å². The maximum Gasteiger partial charge on any atom is 0.318 e. The predicted octanol–water partition coefficient (Wildman–Crippen LogP) is 3.22. The van der Waals surface area contributed by atoms with Crippen molar-refractivity contribution in [2.24, 2.45) is 5.73 Å². The standard InChI is InChI=1S/C21H17FN6O2/c22-17-11-15(28-10-4-9-25-28)7-8-18(17)26-20-16(19(23)29)12-24-21(27-20)30-13-14-5-2-1-3-6-14/h1-12H,13H2,(H2,23,29)(H,24,26,27). The van der Waals surface area contributed by atoms with E-state index in [-0.39, 0.29) is 29.7 Å². The highest BCUT2D eigenvalue weighted by atomic mass is 19.1. The van der Waals surface area contributed by atoms with Gasteiger partial charge in [-0.05, 0) is 23.8 Å². The number of nitrogens with two attached hydrogens (primary N) is 1. The van der Waals surface area contributed by atoms with Gasteiger partial charge < -0.3 is 15.8 Å². The molecule has 0 bridgehead atoms. The zero-order chi connectivity index (χ0) is 20.9. The molecule has 0 saturated heterocycles. The number of nitrogens with one attached hydrogen (secondary N) is 1. The number of nitrogens with zero attached hydrogens (tertiary/aromatic N) is 4. The third kappa shape index (κ3) is 4.25. The van der Waals surface area contributed by atoms with Gasteiger partial charge in [0.25, 0.3) is 5.91 Å². The van der Waals surface area contributed by atoms with Crippen molar-refractivity contribution < 1.29 is 13.9 Å². The van der Waals surface area contributed by atoms with E-state index in [0.29, 0.717) is 5.69 Å². The quantitative estimate of drug-likeness (QED) is 0.490. The van der Waals surface area contributed by atoms with Crippen molar-refractivity contribution in [3.05, 3.63) is 90.1 Å². The van der Waals surface area contributed by atoms with Crippen LogP contribution in [0, 0.1) is 5.82 Å². The second-order valence-corrected chi connectivity index (χ2v) is 6.29. The van der Waals surface area contributed by atoms with Crippen molar-refractivity contribution in [2.45, 2.75) is 6.61 Å². The number of carbonyl (C=O) groups excluding carboxylic acids is 1. The molecule has 3 N–H and O–H groups in total. The average molecular weight is 404 g/mol. The highest BCUT2D eigenvalue weighted by molar-refractivity contribution is 5.98. The van der Waals surface area contributed by atoms with Crippen molar-refractivity contribution in [2.75, 3.05) is 5.32 Å². The van der Waals surface area contributed by atoms with Crippen LogP contribution in [0.3, 0.4) is 0 Å². The molecule has 8 nitrogen and oxygen atoms in total. The van der Waals surface area contributed by atoms with Gasteiger partial charge in [-0.15, -0.1) is 0 Å². The third-order valence-corrected chi connectivity index (χ3v) is 4.22. The van der Waals surface area contributed by atoms with Gasteiger partial charge in [-0.3, -0.25) is 4.79 Å². The van der Waals surface area contributed by atoms with E-state index >= 15 is 0 Å². The molecule has 0 spiro atoms. The van der Waals surface area contributed by atoms with Crippen LogP contribution in [0.5, 0.6) is 6.01 Å². The van der Waals surface area contributed by atoms with Crippen molar-refractivity contribution in [3.8, 4) is 11.7 Å². The lowest BCUT2D eigenvalue weighted by atomic mass is 10.2. The van der Waals surface area contributed by atoms with E-state index in [1.807, 2.05) is 30.3 Å². The zero-order valence-electron chi connectivity index (χ0n) is 15.7. The zero-order valence-corrected chi connectivity index (χ0v) is 15.7. The summed E-state index contributed by atoms with van der Waals surface area (Å²) >= 11 is 0. The Bertz CT molecular complexity index is 1170. The molecule has 2 aromatic heterocycles. The topological polar surface area (TPSA) is 108 Å². The molecule has 1 amide bonds. The minimum Gasteiger partial charge on any atom is -0.459 e. The highest BCUT2D eigenvalue weighted by Crippen LogP contribution is 2.24. The van der Waals surface area contributed by atoms with Gasteiger partial charge >= 0.3 is 6.01 Å². The fourth-order valence-corrected chi connectivity index (χ4v) is 2.73. The van der Waals surface area contributed by atoms with Gasteiger partial charge in [-0.2, -0.15) is 10.1 Å². The summed E-state index contributed by atoms with van der Waals surface area (Å²) in [7, 11) is 0. The lowest BCUT2D eigenvalue weighted by Crippen LogP contribution is -2.16. The largest absolute Gasteiger partial charge is 0.459 e. The first-order chi connectivity index (χ1) is 14.6. The van der Waals surface area contributed by atoms with Crippen LogP contribution >= 0.6 is 0 Å². The fourth-order valence-electron chi connectivity index (χ4n) is 2.73. The fraction of sp³-hybridized carbons (Fsp3) is 0.0476. The van der Waals surface area contributed by atoms with E-state index in [1.165, 1.54) is 23.0 Å². The highest BCUT2D eigenvalue weighted by Gasteiger charge is 2.15. The Kier molecular flexibility index (Phi) is 5.33. The Labute approximate surface area is 171 Å². The Balaban J connectivity index is 1.58. The number of hydrogen-bond acceptors (Lipinski definition) is 6. The Morgan fingerprint density at radius 1 is 1.17 bits per heavy atom. The Morgan fingerprint density at radius 3 is 2.70 bits per heavy atom. The van der Waals surface area contributed by atoms with Gasteiger partial charge in [0, 0.05) is 24.7 Å². The van der Waals surface area contributed by atoms with E-state index in [0.717, 1.165) is 5.56 Å². The Hall–Kier alpha value is -4.27. The average Bonchev–Trinajstić information content (AvgIpc) is 3.29. The first-order valence-electron chi connectivity index (χ1n) is 9.00. The van der Waals surface area contributed by atoms with Gasteiger partial charge in [0.1, 0.15) is 18.0 Å². The number of halogens is 1. The first-order valence-corrected chi connectivity index (χ1v) is 9.00. The molecule has 2 heterocycles. The lowest BCUT2D eigenvalue weighted by molar-refractivity contribution is 0.1000. The van der Waals surface area contributed by atoms with Crippen LogP contribution in [0.4, 0.5) is 15.9 Å². The number of carbonyl (C=O) groups is 1. The van der Waals surface area contributed by atoms with Crippen LogP contribution in [0.25, 0.3) is 5.69 Å². The Morgan fingerprint density at radius 2 is 2.00 bits per heavy atom. The van der Waals surface area contributed by atoms with Crippen LogP contribution in [0.15, 0.2) is 73.2 Å². The van der Waals surface area contributed by atoms with E-state index in [2.05, 4.69) is 20.4 Å². The van der Waals surface area contributed by atoms with Crippen LogP contribution in [0.1, 0.15) is 15.9 Å². The number of hydrogen-bond donors (Lipinski definition) is 2. The molecule has 9 heteroatoms. The first kappa shape index (κ1) is 19.1. The molecule has 0 fully saturated rings. The predicted molar refractivity (Wildman–Crippen MR) is 108 cm³/mol. The van der Waals surface area contributed by atoms with E-state index < -0.39 is 11.7 Å². The number of amides is 1. The van der Waals surface area contributed by atoms with Crippen LogP contribution in [0.2, 0.25) is 0 Å². The summed E-state index contributed by atoms with van der Waals surface area (Å²) in [5, 5.41) is 6.86. The molecule has 0 radical (unpaired) electrons. The third-order valence-electron chi connectivity index (χ3n) is 4.22. The number of rotatable bonds is 7. The summed E-state index contributed by atoms with van der Waals surface area (Å²) in [6.45, 7) is 0.239. The van der Waals surface area contributed by atoms with Crippen molar-refractivity contribution >= 4 is 17.4 Å². The molecule has 30 heavy (non-hydrogen) atoms. The van der Waals surface area contributed by atoms with Gasteiger partial charge in [0.05, 0.1) is 11.4 Å². The monoisotopic (exact) mass is 404 g/mol. The number of aromatic nitrogens is 4. The normalized spacial score (nSPS) is 10.6. The number of benzene rings is 2. The van der Waals surface area contributed by atoms with Gasteiger partial charge in [0.2, 0.25) is 0 Å². The van der Waals surface area contributed by atoms with Gasteiger partial charge in [0.15, 0.2) is 5.82 Å². The molecule has 0 atom stereocenters. The second-order valence-electron chi connectivity index (χ2n) is 6.29. The summed E-state index contributed by atoms with van der Waals surface area (Å²) in [4.78, 5) is 19.9. The maximum atomic E-state index is 14.6. The minimum absolute atomic E-state index is 0.0117. The smallest absolute Gasteiger partial charge is 0.318 e. The van der Waals surface area contributed by atoms with Gasteiger partial charge in [-0.25, -0.2) is 14.1 Å². The molecule has 0 aliphatic rings. The molecule has 0 aliphatic carbocycles. The SMILES string of the molecule is NC(=O)c1cnc(OCc2ccccc2)nc1Nc1ccc(-n2cccn2)cc1F. The molecule has 2 aromatic carbocycles. The van der Waals surface area contributed by atoms with Crippen LogP contribution in [-0.2, 0) is 6.61 Å². The molecule has 150 valence electrons. The number of ether oxygens (including phenoxy) is 1. The molecule has 4 aromatic rings. The van der Waals surface area contributed by atoms with E-state index in [9.17, 15) is 9.18 Å². The van der Waals surface area contributed by atoms with Crippen LogP contribution in [-0.4, -0.2) is 25.7 Å². The summed E-state index contributed by atoms with van der Waals surface area (Å²) in [5.74, 6) is -1.25. The van der Waals surface area contributed by atoms with Crippen molar-refractivity contribution in [1.82, 2.24) is 19.7 Å². The summed E-state index contributed by atoms with van der Waals surface area (Å²) in [6, 6.07) is 15.7. The van der Waals surface area contributed by atoms with Crippen molar-refractivity contribution in [3.63, 3.8) is 0 Å². The van der Waals surface area contributed by atoms with Crippen molar-refractivity contribution in [1.29, 1.82) is 0 Å². The number of primary amides is 1. The molecular formula is C21H17FN6O2. The summed E-state index contributed by atoms with van der Waals surface area (Å²) in [5.41, 5.74) is 7.00. The van der Waals surface area contributed by atoms with E-state index in [4.69, 9.17) is 10.5 Å². The molecule has 4 rings (SSSR count). The molecule has 0 saturated carbocycles. The maximum absolute atomic E-state index is 14.6. The lowest BCUT2D eigenvalue weighted by Gasteiger charge is -2.12. The summed E-state index contributed by atoms with van der Waals surface area (Å²) in [6.07, 6.45) is 4.54. The minimum atomic E-state index is -0.749. The van der Waals surface area contributed by atoms with E-state index in [1.54, 1.807) is 24.5 Å². The molecule has 0 aliphatic heterocycles.